The normalized spacial score (nSPS) is 11.2. The van der Waals surface area contributed by atoms with Crippen LogP contribution in [0.2, 0.25) is 0 Å². The molecule has 0 unspecified atom stereocenters. The Kier molecular flexibility index (Phi) is 3.29. The molecule has 0 aliphatic heterocycles. The molecule has 0 aliphatic rings. The molecule has 0 aromatic carbocycles. The smallest absolute Gasteiger partial charge is 0.137 e. The van der Waals surface area contributed by atoms with Crippen LogP contribution in [0.3, 0.4) is 0 Å². The van der Waals surface area contributed by atoms with E-state index < -0.39 is 0 Å². The molecule has 98 valence electrons. The van der Waals surface area contributed by atoms with Crippen LogP contribution in [0.1, 0.15) is 11.3 Å². The third kappa shape index (κ3) is 2.66. The van der Waals surface area contributed by atoms with Crippen molar-refractivity contribution < 1.29 is 0 Å². The molecule has 0 saturated heterocycles. The van der Waals surface area contributed by atoms with Crippen LogP contribution in [0.15, 0.2) is 36.8 Å². The summed E-state index contributed by atoms with van der Waals surface area (Å²) in [5, 5.41) is 8.98. The fourth-order valence-electron chi connectivity index (χ4n) is 2.19. The Labute approximate surface area is 111 Å². The van der Waals surface area contributed by atoms with Crippen LogP contribution >= 0.6 is 0 Å². The average molecular weight is 255 g/mol. The number of H-pyrrole nitrogens is 1. The molecule has 0 spiro atoms. The second kappa shape index (κ2) is 5.24. The summed E-state index contributed by atoms with van der Waals surface area (Å²) in [6.07, 6.45) is 6.74. The highest BCUT2D eigenvalue weighted by Gasteiger charge is 2.03. The zero-order chi connectivity index (χ0) is 13.1. The largest absolute Gasteiger partial charge is 0.346 e. The van der Waals surface area contributed by atoms with Gasteiger partial charge in [-0.05, 0) is 23.8 Å². The first-order chi connectivity index (χ1) is 9.33. The molecule has 0 fully saturated rings. The third-order valence-corrected chi connectivity index (χ3v) is 3.18. The van der Waals surface area contributed by atoms with Crippen molar-refractivity contribution in [2.24, 2.45) is 7.05 Å². The number of nitrogens with one attached hydrogen (secondary N) is 2. The maximum absolute atomic E-state index is 4.36. The van der Waals surface area contributed by atoms with Gasteiger partial charge in [-0.2, -0.15) is 5.10 Å². The van der Waals surface area contributed by atoms with E-state index in [1.54, 1.807) is 6.20 Å². The number of pyridine rings is 1. The molecule has 3 aromatic heterocycles. The average Bonchev–Trinajstić information content (AvgIpc) is 3.02. The van der Waals surface area contributed by atoms with Crippen LogP contribution in [-0.2, 0) is 20.0 Å². The van der Waals surface area contributed by atoms with Gasteiger partial charge in [0.1, 0.15) is 5.65 Å². The summed E-state index contributed by atoms with van der Waals surface area (Å²) in [7, 11) is 1.94. The number of fused-ring (bicyclic) bond motifs is 1. The SMILES string of the molecule is Cn1ccc(CCNCc2c[nH]c3ncccc23)n1. The maximum atomic E-state index is 4.36. The van der Waals surface area contributed by atoms with Gasteiger partial charge < -0.3 is 10.3 Å². The molecule has 5 nitrogen and oxygen atoms in total. The Hall–Kier alpha value is -2.14. The van der Waals surface area contributed by atoms with E-state index in [-0.39, 0.29) is 0 Å². The lowest BCUT2D eigenvalue weighted by molar-refractivity contribution is 0.667. The Morgan fingerprint density at radius 2 is 2.32 bits per heavy atom. The number of aromatic amines is 1. The summed E-state index contributed by atoms with van der Waals surface area (Å²) in [5.74, 6) is 0. The highest BCUT2D eigenvalue weighted by atomic mass is 15.2. The fraction of sp³-hybridized carbons (Fsp3) is 0.286. The molecular formula is C14H17N5. The van der Waals surface area contributed by atoms with Crippen LogP contribution in [0.25, 0.3) is 11.0 Å². The van der Waals surface area contributed by atoms with Crippen LogP contribution in [0.5, 0.6) is 0 Å². The summed E-state index contributed by atoms with van der Waals surface area (Å²) in [5.41, 5.74) is 3.32. The van der Waals surface area contributed by atoms with Gasteiger partial charge in [-0.25, -0.2) is 4.98 Å². The molecule has 19 heavy (non-hydrogen) atoms. The zero-order valence-corrected chi connectivity index (χ0v) is 10.9. The predicted molar refractivity (Wildman–Crippen MR) is 74.7 cm³/mol. The predicted octanol–water partition coefficient (Wildman–Crippen LogP) is 1.63. The quantitative estimate of drug-likeness (QED) is 0.681. The van der Waals surface area contributed by atoms with Gasteiger partial charge in [-0.1, -0.05) is 0 Å². The Morgan fingerprint density at radius 3 is 3.16 bits per heavy atom. The molecular weight excluding hydrogens is 238 g/mol. The topological polar surface area (TPSA) is 58.5 Å². The first kappa shape index (κ1) is 11.9. The lowest BCUT2D eigenvalue weighted by Gasteiger charge is -2.02. The molecule has 0 radical (unpaired) electrons. The Balaban J connectivity index is 1.55. The molecule has 0 saturated carbocycles. The molecule has 0 amide bonds. The van der Waals surface area contributed by atoms with Crippen molar-refractivity contribution >= 4 is 11.0 Å². The molecule has 3 rings (SSSR count). The summed E-state index contributed by atoms with van der Waals surface area (Å²) in [6.45, 7) is 1.77. The Morgan fingerprint density at radius 1 is 1.37 bits per heavy atom. The maximum Gasteiger partial charge on any atom is 0.137 e. The molecule has 0 aliphatic carbocycles. The van der Waals surface area contributed by atoms with E-state index >= 15 is 0 Å². The van der Waals surface area contributed by atoms with E-state index in [0.717, 1.165) is 30.9 Å². The van der Waals surface area contributed by atoms with Gasteiger partial charge in [0.15, 0.2) is 0 Å². The van der Waals surface area contributed by atoms with E-state index in [1.165, 1.54) is 10.9 Å². The second-order valence-electron chi connectivity index (χ2n) is 4.62. The standard InChI is InChI=1S/C14H17N5/c1-19-8-5-12(18-19)4-7-15-9-11-10-17-14-13(11)3-2-6-16-14/h2-3,5-6,8,10,15H,4,7,9H2,1H3,(H,16,17). The highest BCUT2D eigenvalue weighted by molar-refractivity contribution is 5.79. The minimum Gasteiger partial charge on any atom is -0.346 e. The van der Waals surface area contributed by atoms with Crippen molar-refractivity contribution in [3.8, 4) is 0 Å². The van der Waals surface area contributed by atoms with Crippen molar-refractivity contribution in [1.82, 2.24) is 25.1 Å². The summed E-state index contributed by atoms with van der Waals surface area (Å²) in [6, 6.07) is 6.11. The van der Waals surface area contributed by atoms with E-state index in [1.807, 2.05) is 30.2 Å². The van der Waals surface area contributed by atoms with Gasteiger partial charge in [0, 0.05) is 50.5 Å². The summed E-state index contributed by atoms with van der Waals surface area (Å²) >= 11 is 0. The number of hydrogen-bond donors (Lipinski definition) is 2. The van der Waals surface area contributed by atoms with E-state index in [9.17, 15) is 0 Å². The van der Waals surface area contributed by atoms with Crippen molar-refractivity contribution in [3.63, 3.8) is 0 Å². The van der Waals surface area contributed by atoms with Gasteiger partial charge in [0.25, 0.3) is 0 Å². The van der Waals surface area contributed by atoms with Crippen molar-refractivity contribution in [3.05, 3.63) is 48.0 Å². The monoisotopic (exact) mass is 255 g/mol. The van der Waals surface area contributed by atoms with Gasteiger partial charge in [-0.3, -0.25) is 4.68 Å². The minimum atomic E-state index is 0.846. The molecule has 3 aromatic rings. The third-order valence-electron chi connectivity index (χ3n) is 3.18. The second-order valence-corrected chi connectivity index (χ2v) is 4.62. The number of nitrogens with zero attached hydrogens (tertiary/aromatic N) is 3. The number of aryl methyl sites for hydroxylation is 1. The van der Waals surface area contributed by atoms with Crippen LogP contribution in [0.4, 0.5) is 0 Å². The van der Waals surface area contributed by atoms with Gasteiger partial charge >= 0.3 is 0 Å². The molecule has 5 heteroatoms. The number of rotatable bonds is 5. The van der Waals surface area contributed by atoms with Crippen LogP contribution in [-0.4, -0.2) is 26.3 Å². The summed E-state index contributed by atoms with van der Waals surface area (Å²) in [4.78, 5) is 7.47. The zero-order valence-electron chi connectivity index (χ0n) is 10.9. The van der Waals surface area contributed by atoms with Crippen LogP contribution in [0, 0.1) is 0 Å². The van der Waals surface area contributed by atoms with E-state index in [0.29, 0.717) is 0 Å². The van der Waals surface area contributed by atoms with Crippen LogP contribution < -0.4 is 5.32 Å². The first-order valence-electron chi connectivity index (χ1n) is 6.43. The lowest BCUT2D eigenvalue weighted by atomic mass is 10.2. The first-order valence-corrected chi connectivity index (χ1v) is 6.43. The summed E-state index contributed by atoms with van der Waals surface area (Å²) < 4.78 is 1.83. The van der Waals surface area contributed by atoms with Crippen molar-refractivity contribution in [2.45, 2.75) is 13.0 Å². The van der Waals surface area contributed by atoms with Crippen molar-refractivity contribution in [2.75, 3.05) is 6.54 Å². The molecule has 2 N–H and O–H groups in total. The van der Waals surface area contributed by atoms with Crippen molar-refractivity contribution in [1.29, 1.82) is 0 Å². The molecule has 0 bridgehead atoms. The minimum absolute atomic E-state index is 0.846. The molecule has 0 atom stereocenters. The van der Waals surface area contributed by atoms with Gasteiger partial charge in [0.05, 0.1) is 5.69 Å². The van der Waals surface area contributed by atoms with Gasteiger partial charge in [-0.15, -0.1) is 0 Å². The number of aromatic nitrogens is 4. The van der Waals surface area contributed by atoms with Gasteiger partial charge in [0.2, 0.25) is 0 Å². The van der Waals surface area contributed by atoms with E-state index in [4.69, 9.17) is 0 Å². The fourth-order valence-corrected chi connectivity index (χ4v) is 2.19. The molecule has 3 heterocycles. The lowest BCUT2D eigenvalue weighted by Crippen LogP contribution is -2.16. The van der Waals surface area contributed by atoms with E-state index in [2.05, 4.69) is 32.5 Å². The Bertz CT molecular complexity index is 667. The number of hydrogen-bond acceptors (Lipinski definition) is 3. The highest BCUT2D eigenvalue weighted by Crippen LogP contribution is 2.14.